The molecule has 0 saturated carbocycles. The number of nitrogens with one attached hydrogen (secondary N) is 1. The van der Waals surface area contributed by atoms with Gasteiger partial charge in [-0.1, -0.05) is 27.7 Å². The average Bonchev–Trinajstić information content (AvgIpc) is 2.24. The van der Waals surface area contributed by atoms with Crippen molar-refractivity contribution in [3.63, 3.8) is 0 Å². The second kappa shape index (κ2) is 6.59. The lowest BCUT2D eigenvalue weighted by molar-refractivity contribution is 0.304. The molecule has 0 unspecified atom stereocenters. The lowest BCUT2D eigenvalue weighted by Crippen LogP contribution is -2.24. The molecule has 0 fully saturated rings. The molecule has 102 valence electrons. The summed E-state index contributed by atoms with van der Waals surface area (Å²) in [6, 6.07) is 3.15. The molecule has 0 amide bonds. The first-order valence-electron chi connectivity index (χ1n) is 6.31. The zero-order valence-corrected chi connectivity index (χ0v) is 13.6. The molecule has 0 aliphatic rings. The van der Waals surface area contributed by atoms with Crippen LogP contribution in [0.15, 0.2) is 12.1 Å². The Labute approximate surface area is 123 Å². The molecule has 2 nitrogen and oxygen atoms in total. The number of nitrogen functional groups attached to an aromatic ring is 1. The van der Waals surface area contributed by atoms with Gasteiger partial charge in [0.25, 0.3) is 0 Å². The molecule has 0 aliphatic carbocycles. The highest BCUT2D eigenvalue weighted by Crippen LogP contribution is 2.26. The lowest BCUT2D eigenvalue weighted by Gasteiger charge is -2.26. The maximum absolute atomic E-state index is 13.5. The molecule has 1 aromatic carbocycles. The Kier molecular flexibility index (Phi) is 5.69. The van der Waals surface area contributed by atoms with Gasteiger partial charge in [-0.2, -0.15) is 0 Å². The van der Waals surface area contributed by atoms with Crippen molar-refractivity contribution in [2.45, 2.75) is 27.7 Å². The van der Waals surface area contributed by atoms with Crippen molar-refractivity contribution in [3.8, 4) is 0 Å². The van der Waals surface area contributed by atoms with Gasteiger partial charge in [0.05, 0.1) is 14.9 Å². The van der Waals surface area contributed by atoms with Gasteiger partial charge in [0.1, 0.15) is 5.82 Å². The van der Waals surface area contributed by atoms with E-state index in [1.54, 1.807) is 6.07 Å². The number of hydrogen-bond donors (Lipinski definition) is 2. The van der Waals surface area contributed by atoms with Crippen LogP contribution >= 0.6 is 22.6 Å². The third kappa shape index (κ3) is 4.00. The topological polar surface area (TPSA) is 38.0 Å². The zero-order chi connectivity index (χ0) is 13.9. The first-order valence-corrected chi connectivity index (χ1v) is 7.39. The second-order valence-electron chi connectivity index (χ2n) is 5.39. The number of anilines is 2. The van der Waals surface area contributed by atoms with Crippen molar-refractivity contribution in [1.82, 2.24) is 0 Å². The largest absolute Gasteiger partial charge is 0.397 e. The molecule has 0 heterocycles. The maximum Gasteiger partial charge on any atom is 0.138 e. The van der Waals surface area contributed by atoms with Gasteiger partial charge < -0.3 is 11.1 Å². The van der Waals surface area contributed by atoms with E-state index in [1.807, 2.05) is 22.6 Å². The average molecular weight is 364 g/mol. The van der Waals surface area contributed by atoms with Crippen molar-refractivity contribution in [1.29, 1.82) is 0 Å². The SMILES string of the molecule is CC(C)C(CNc1cc(F)c(I)cc1N)C(C)C. The zero-order valence-electron chi connectivity index (χ0n) is 11.4. The van der Waals surface area contributed by atoms with Crippen LogP contribution in [0, 0.1) is 27.1 Å². The quantitative estimate of drug-likeness (QED) is 0.602. The summed E-state index contributed by atoms with van der Waals surface area (Å²) in [5, 5.41) is 3.28. The standard InChI is InChI=1S/C14H22FIN2/c1-8(2)10(9(3)4)7-18-14-5-11(15)12(16)6-13(14)17/h5-6,8-10,18H,7,17H2,1-4H3. The summed E-state index contributed by atoms with van der Waals surface area (Å²) in [5.74, 6) is 1.50. The highest BCUT2D eigenvalue weighted by molar-refractivity contribution is 14.1. The van der Waals surface area contributed by atoms with Gasteiger partial charge in [-0.25, -0.2) is 4.39 Å². The summed E-state index contributed by atoms with van der Waals surface area (Å²) < 4.78 is 14.1. The van der Waals surface area contributed by atoms with E-state index in [0.717, 1.165) is 6.54 Å². The number of halogens is 2. The summed E-state index contributed by atoms with van der Waals surface area (Å²) in [6.45, 7) is 9.67. The summed E-state index contributed by atoms with van der Waals surface area (Å²) in [7, 11) is 0. The van der Waals surface area contributed by atoms with E-state index >= 15 is 0 Å². The summed E-state index contributed by atoms with van der Waals surface area (Å²) in [5.41, 5.74) is 7.19. The van der Waals surface area contributed by atoms with Crippen molar-refractivity contribution in [3.05, 3.63) is 21.5 Å². The number of nitrogens with two attached hydrogens (primary N) is 1. The molecule has 0 atom stereocenters. The highest BCUT2D eigenvalue weighted by atomic mass is 127. The van der Waals surface area contributed by atoms with Gasteiger partial charge >= 0.3 is 0 Å². The third-order valence-electron chi connectivity index (χ3n) is 3.33. The van der Waals surface area contributed by atoms with E-state index in [1.165, 1.54) is 6.07 Å². The van der Waals surface area contributed by atoms with Crippen LogP contribution in [0.5, 0.6) is 0 Å². The molecule has 18 heavy (non-hydrogen) atoms. The van der Waals surface area contributed by atoms with Gasteiger partial charge in [-0.15, -0.1) is 0 Å². The molecular weight excluding hydrogens is 342 g/mol. The van der Waals surface area contributed by atoms with Crippen molar-refractivity contribution >= 4 is 34.0 Å². The predicted molar refractivity (Wildman–Crippen MR) is 85.2 cm³/mol. The van der Waals surface area contributed by atoms with E-state index in [2.05, 4.69) is 33.0 Å². The van der Waals surface area contributed by atoms with Crippen LogP contribution in [0.4, 0.5) is 15.8 Å². The van der Waals surface area contributed by atoms with Crippen LogP contribution in [-0.4, -0.2) is 6.54 Å². The third-order valence-corrected chi connectivity index (χ3v) is 4.16. The maximum atomic E-state index is 13.5. The van der Waals surface area contributed by atoms with Gasteiger partial charge in [-0.3, -0.25) is 0 Å². The molecule has 0 saturated heterocycles. The fourth-order valence-electron chi connectivity index (χ4n) is 2.18. The van der Waals surface area contributed by atoms with Gasteiger partial charge in [0.2, 0.25) is 0 Å². The summed E-state index contributed by atoms with van der Waals surface area (Å²) >= 11 is 1.95. The number of hydrogen-bond acceptors (Lipinski definition) is 2. The first kappa shape index (κ1) is 15.5. The molecule has 3 N–H and O–H groups in total. The molecule has 0 radical (unpaired) electrons. The van der Waals surface area contributed by atoms with Crippen LogP contribution in [0.2, 0.25) is 0 Å². The Morgan fingerprint density at radius 3 is 2.28 bits per heavy atom. The minimum absolute atomic E-state index is 0.224. The second-order valence-corrected chi connectivity index (χ2v) is 6.55. The van der Waals surface area contributed by atoms with E-state index in [4.69, 9.17) is 5.73 Å². The monoisotopic (exact) mass is 364 g/mol. The Bertz CT molecular complexity index is 397. The number of rotatable bonds is 5. The van der Waals surface area contributed by atoms with E-state index in [0.29, 0.717) is 32.7 Å². The van der Waals surface area contributed by atoms with Crippen LogP contribution in [0.3, 0.4) is 0 Å². The van der Waals surface area contributed by atoms with Crippen LogP contribution in [-0.2, 0) is 0 Å². The summed E-state index contributed by atoms with van der Waals surface area (Å²) in [4.78, 5) is 0. The van der Waals surface area contributed by atoms with E-state index in [-0.39, 0.29) is 5.82 Å². The smallest absolute Gasteiger partial charge is 0.138 e. The van der Waals surface area contributed by atoms with Crippen molar-refractivity contribution in [2.75, 3.05) is 17.6 Å². The molecule has 0 aromatic heterocycles. The molecule has 1 aromatic rings. The van der Waals surface area contributed by atoms with Gasteiger partial charge in [0, 0.05) is 12.6 Å². The molecule has 0 spiro atoms. The first-order chi connectivity index (χ1) is 8.32. The Hall–Kier alpha value is -0.520. The normalized spacial score (nSPS) is 11.6. The Morgan fingerprint density at radius 1 is 1.22 bits per heavy atom. The Balaban J connectivity index is 2.76. The summed E-state index contributed by atoms with van der Waals surface area (Å²) in [6.07, 6.45) is 0. The molecule has 1 rings (SSSR count). The van der Waals surface area contributed by atoms with E-state index < -0.39 is 0 Å². The fraction of sp³-hybridized carbons (Fsp3) is 0.571. The molecule has 0 bridgehead atoms. The van der Waals surface area contributed by atoms with Crippen molar-refractivity contribution < 1.29 is 4.39 Å². The number of benzene rings is 1. The van der Waals surface area contributed by atoms with E-state index in [9.17, 15) is 4.39 Å². The predicted octanol–water partition coefficient (Wildman–Crippen LogP) is 4.35. The van der Waals surface area contributed by atoms with Gasteiger partial charge in [-0.05, 0) is 46.4 Å². The van der Waals surface area contributed by atoms with Crippen LogP contribution in [0.25, 0.3) is 0 Å². The molecule has 4 heteroatoms. The Morgan fingerprint density at radius 2 is 1.78 bits per heavy atom. The molecular formula is C14H22FIN2. The van der Waals surface area contributed by atoms with Gasteiger partial charge in [0.15, 0.2) is 0 Å². The lowest BCUT2D eigenvalue weighted by atomic mass is 9.85. The highest BCUT2D eigenvalue weighted by Gasteiger charge is 2.17. The minimum Gasteiger partial charge on any atom is -0.397 e. The van der Waals surface area contributed by atoms with Crippen LogP contribution < -0.4 is 11.1 Å². The van der Waals surface area contributed by atoms with Crippen molar-refractivity contribution in [2.24, 2.45) is 17.8 Å². The molecule has 0 aliphatic heterocycles. The minimum atomic E-state index is -0.224. The van der Waals surface area contributed by atoms with Crippen LogP contribution in [0.1, 0.15) is 27.7 Å². The fourth-order valence-corrected chi connectivity index (χ4v) is 2.68.